The molecule has 2 N–H and O–H groups in total. The smallest absolute Gasteiger partial charge is 0.251 e. The van der Waals surface area contributed by atoms with Gasteiger partial charge in [0, 0.05) is 30.2 Å². The highest BCUT2D eigenvalue weighted by Gasteiger charge is 2.08. The molecule has 0 saturated carbocycles. The fraction of sp³-hybridized carbons (Fsp3) is 0.148. The van der Waals surface area contributed by atoms with Gasteiger partial charge >= 0.3 is 0 Å². The van der Waals surface area contributed by atoms with E-state index in [1.807, 2.05) is 49.4 Å². The van der Waals surface area contributed by atoms with Crippen LogP contribution in [0.5, 0.6) is 5.75 Å². The van der Waals surface area contributed by atoms with Crippen LogP contribution in [0.25, 0.3) is 0 Å². The first-order valence-corrected chi connectivity index (χ1v) is 11.0. The summed E-state index contributed by atoms with van der Waals surface area (Å²) < 4.78 is 7.42. The van der Waals surface area contributed by atoms with Crippen LogP contribution in [-0.4, -0.2) is 21.6 Å². The molecule has 1 heterocycles. The normalized spacial score (nSPS) is 10.5. The van der Waals surface area contributed by atoms with Crippen LogP contribution >= 0.6 is 0 Å². The molecule has 0 saturated heterocycles. The van der Waals surface area contributed by atoms with Gasteiger partial charge in [-0.3, -0.25) is 14.3 Å². The van der Waals surface area contributed by atoms with Crippen molar-refractivity contribution in [3.05, 3.63) is 114 Å². The van der Waals surface area contributed by atoms with E-state index in [1.54, 1.807) is 47.4 Å². The maximum Gasteiger partial charge on any atom is 0.251 e. The summed E-state index contributed by atoms with van der Waals surface area (Å²) in [6.07, 6.45) is 3.36. The van der Waals surface area contributed by atoms with Crippen LogP contribution in [0.3, 0.4) is 0 Å². The van der Waals surface area contributed by atoms with Crippen LogP contribution in [-0.2, 0) is 24.5 Å². The van der Waals surface area contributed by atoms with E-state index in [0.29, 0.717) is 30.2 Å². The first-order valence-electron chi connectivity index (χ1n) is 11.0. The number of aromatic nitrogens is 2. The second kappa shape index (κ2) is 11.0. The van der Waals surface area contributed by atoms with Gasteiger partial charge in [0.2, 0.25) is 5.91 Å². The van der Waals surface area contributed by atoms with Gasteiger partial charge in [-0.05, 0) is 54.4 Å². The first-order chi connectivity index (χ1) is 16.5. The van der Waals surface area contributed by atoms with E-state index in [2.05, 4.69) is 21.8 Å². The SMILES string of the molecule is Cc1cccc(COc2cccc(C(=O)NCc3cccc(NC(=O)Cn4cccn4)c3)c2)c1. The fourth-order valence-corrected chi connectivity index (χ4v) is 3.48. The molecule has 0 aliphatic rings. The van der Waals surface area contributed by atoms with E-state index in [4.69, 9.17) is 4.74 Å². The van der Waals surface area contributed by atoms with E-state index in [0.717, 1.165) is 11.1 Å². The molecule has 0 bridgehead atoms. The predicted molar refractivity (Wildman–Crippen MR) is 130 cm³/mol. The van der Waals surface area contributed by atoms with Gasteiger partial charge in [0.25, 0.3) is 5.91 Å². The topological polar surface area (TPSA) is 85.3 Å². The molecule has 0 atom stereocenters. The Kier molecular flexibility index (Phi) is 7.35. The Bertz CT molecular complexity index is 1270. The molecule has 0 radical (unpaired) electrons. The number of aryl methyl sites for hydroxylation is 1. The highest BCUT2D eigenvalue weighted by atomic mass is 16.5. The lowest BCUT2D eigenvalue weighted by Gasteiger charge is -2.10. The third kappa shape index (κ3) is 6.56. The molecule has 0 unspecified atom stereocenters. The molecular weight excluding hydrogens is 428 g/mol. The van der Waals surface area contributed by atoms with Gasteiger partial charge in [-0.1, -0.05) is 48.0 Å². The molecule has 3 aromatic carbocycles. The van der Waals surface area contributed by atoms with E-state index < -0.39 is 0 Å². The minimum absolute atomic E-state index is 0.135. The van der Waals surface area contributed by atoms with Gasteiger partial charge in [-0.2, -0.15) is 5.10 Å². The number of anilines is 1. The third-order valence-electron chi connectivity index (χ3n) is 5.11. The molecule has 0 aliphatic heterocycles. The minimum Gasteiger partial charge on any atom is -0.489 e. The Morgan fingerprint density at radius 2 is 1.76 bits per heavy atom. The molecule has 7 heteroatoms. The molecule has 4 aromatic rings. The van der Waals surface area contributed by atoms with Crippen molar-refractivity contribution in [2.75, 3.05) is 5.32 Å². The van der Waals surface area contributed by atoms with Crippen LogP contribution in [0.4, 0.5) is 5.69 Å². The van der Waals surface area contributed by atoms with Crippen LogP contribution in [0.2, 0.25) is 0 Å². The number of hydrogen-bond donors (Lipinski definition) is 2. The van der Waals surface area contributed by atoms with Gasteiger partial charge in [-0.25, -0.2) is 0 Å². The van der Waals surface area contributed by atoms with Crippen molar-refractivity contribution < 1.29 is 14.3 Å². The second-order valence-corrected chi connectivity index (χ2v) is 7.94. The van der Waals surface area contributed by atoms with E-state index in [9.17, 15) is 9.59 Å². The van der Waals surface area contributed by atoms with E-state index in [1.165, 1.54) is 5.56 Å². The number of rotatable bonds is 9. The Morgan fingerprint density at radius 1 is 0.941 bits per heavy atom. The lowest BCUT2D eigenvalue weighted by molar-refractivity contribution is -0.116. The van der Waals surface area contributed by atoms with E-state index in [-0.39, 0.29) is 18.4 Å². The summed E-state index contributed by atoms with van der Waals surface area (Å²) in [7, 11) is 0. The van der Waals surface area contributed by atoms with Crippen LogP contribution in [0, 0.1) is 6.92 Å². The van der Waals surface area contributed by atoms with Crippen molar-refractivity contribution in [1.29, 1.82) is 0 Å². The number of nitrogens with zero attached hydrogens (tertiary/aromatic N) is 2. The number of carbonyl (C=O) groups excluding carboxylic acids is 2. The van der Waals surface area contributed by atoms with Gasteiger partial charge in [0.15, 0.2) is 0 Å². The Labute approximate surface area is 198 Å². The summed E-state index contributed by atoms with van der Waals surface area (Å²) in [6.45, 7) is 2.94. The minimum atomic E-state index is -0.200. The van der Waals surface area contributed by atoms with Gasteiger partial charge in [0.05, 0.1) is 0 Å². The number of ether oxygens (including phenoxy) is 1. The number of hydrogen-bond acceptors (Lipinski definition) is 4. The number of carbonyl (C=O) groups is 2. The second-order valence-electron chi connectivity index (χ2n) is 7.94. The molecule has 2 amide bonds. The molecule has 0 spiro atoms. The van der Waals surface area contributed by atoms with Crippen LogP contribution in [0.1, 0.15) is 27.0 Å². The average molecular weight is 455 g/mol. The number of amides is 2. The van der Waals surface area contributed by atoms with Crippen molar-refractivity contribution in [2.24, 2.45) is 0 Å². The monoisotopic (exact) mass is 454 g/mol. The summed E-state index contributed by atoms with van der Waals surface area (Å²) >= 11 is 0. The predicted octanol–water partition coefficient (Wildman–Crippen LogP) is 4.34. The number of nitrogens with one attached hydrogen (secondary N) is 2. The van der Waals surface area contributed by atoms with Gasteiger partial charge in [0.1, 0.15) is 18.9 Å². The molecule has 0 fully saturated rings. The van der Waals surface area contributed by atoms with Crippen molar-refractivity contribution in [2.45, 2.75) is 26.6 Å². The maximum atomic E-state index is 12.7. The Balaban J connectivity index is 1.30. The zero-order valence-corrected chi connectivity index (χ0v) is 18.9. The summed E-state index contributed by atoms with van der Waals surface area (Å²) in [5.41, 5.74) is 4.31. The van der Waals surface area contributed by atoms with Crippen molar-refractivity contribution in [3.63, 3.8) is 0 Å². The van der Waals surface area contributed by atoms with Crippen molar-refractivity contribution >= 4 is 17.5 Å². The van der Waals surface area contributed by atoms with Crippen LogP contribution < -0.4 is 15.4 Å². The van der Waals surface area contributed by atoms with Crippen molar-refractivity contribution in [1.82, 2.24) is 15.1 Å². The van der Waals surface area contributed by atoms with Gasteiger partial charge < -0.3 is 15.4 Å². The van der Waals surface area contributed by atoms with Gasteiger partial charge in [-0.15, -0.1) is 0 Å². The zero-order valence-electron chi connectivity index (χ0n) is 18.9. The first kappa shape index (κ1) is 22.8. The lowest BCUT2D eigenvalue weighted by Crippen LogP contribution is -2.23. The molecular formula is C27H26N4O3. The number of benzene rings is 3. The zero-order chi connectivity index (χ0) is 23.8. The van der Waals surface area contributed by atoms with Crippen LogP contribution in [0.15, 0.2) is 91.3 Å². The molecule has 0 aliphatic carbocycles. The largest absolute Gasteiger partial charge is 0.489 e. The standard InChI is InChI=1S/C27H26N4O3/c1-20-6-2-8-22(14-20)19-34-25-11-4-9-23(16-25)27(33)28-17-21-7-3-10-24(15-21)30-26(32)18-31-13-5-12-29-31/h2-16H,17-19H2,1H3,(H,28,33)(H,30,32). The average Bonchev–Trinajstić information content (AvgIpc) is 3.34. The fourth-order valence-electron chi connectivity index (χ4n) is 3.48. The Hall–Kier alpha value is -4.39. The molecule has 34 heavy (non-hydrogen) atoms. The summed E-state index contributed by atoms with van der Waals surface area (Å²) in [5, 5.41) is 9.80. The highest BCUT2D eigenvalue weighted by Crippen LogP contribution is 2.16. The lowest BCUT2D eigenvalue weighted by atomic mass is 10.1. The molecule has 172 valence electrons. The molecule has 4 rings (SSSR count). The highest BCUT2D eigenvalue weighted by molar-refractivity contribution is 5.94. The summed E-state index contributed by atoms with van der Waals surface area (Å²) in [4.78, 5) is 24.9. The van der Waals surface area contributed by atoms with Crippen molar-refractivity contribution in [3.8, 4) is 5.75 Å². The summed E-state index contributed by atoms with van der Waals surface area (Å²) in [5.74, 6) is 0.262. The summed E-state index contributed by atoms with van der Waals surface area (Å²) in [6, 6.07) is 24.4. The quantitative estimate of drug-likeness (QED) is 0.394. The Morgan fingerprint density at radius 3 is 2.59 bits per heavy atom. The molecule has 7 nitrogen and oxygen atoms in total. The maximum absolute atomic E-state index is 12.7. The third-order valence-corrected chi connectivity index (χ3v) is 5.11. The van der Waals surface area contributed by atoms with E-state index >= 15 is 0 Å². The molecule has 1 aromatic heterocycles.